The molecule has 0 aliphatic carbocycles. The molecule has 1 heterocycles. The van der Waals surface area contributed by atoms with E-state index in [1.54, 1.807) is 0 Å². The van der Waals surface area contributed by atoms with Crippen molar-refractivity contribution in [1.82, 2.24) is 4.90 Å². The largest absolute Gasteiger partial charge is 0.360 e. The number of rotatable bonds is 1. The molecule has 0 aromatic rings. The molecule has 0 aromatic carbocycles. The molecule has 7 N–H and O–H groups in total. The van der Waals surface area contributed by atoms with E-state index in [-0.39, 0.29) is 4.90 Å². The van der Waals surface area contributed by atoms with Crippen molar-refractivity contribution in [2.45, 2.75) is 37.4 Å². The van der Waals surface area contributed by atoms with Gasteiger partial charge in [-0.3, -0.25) is 4.74 Å². The van der Waals surface area contributed by atoms with Crippen LogP contribution in [0.2, 0.25) is 0 Å². The summed E-state index contributed by atoms with van der Waals surface area (Å²) in [4.78, 5) is 0.0451. The van der Waals surface area contributed by atoms with Gasteiger partial charge in [0.05, 0.1) is 0 Å². The molecule has 1 aliphatic heterocycles. The summed E-state index contributed by atoms with van der Waals surface area (Å²) >= 11 is 0. The first-order valence-corrected chi connectivity index (χ1v) is 4.44. The van der Waals surface area contributed by atoms with Gasteiger partial charge in [-0.15, -0.1) is 0 Å². The molecule has 1 aliphatic rings. The van der Waals surface area contributed by atoms with Crippen molar-refractivity contribution in [2.75, 3.05) is 6.54 Å². The minimum atomic E-state index is -3.60. The summed E-state index contributed by atoms with van der Waals surface area (Å²) in [7, 11) is 0. The predicted molar refractivity (Wildman–Crippen MR) is 45.6 cm³/mol. The molecule has 1 unspecified atom stereocenters. The van der Waals surface area contributed by atoms with Crippen LogP contribution in [0, 0.1) is 0 Å². The van der Waals surface area contributed by atoms with Crippen LogP contribution in [0.5, 0.6) is 0 Å². The molecule has 1 rings (SSSR count). The Labute approximate surface area is 90.4 Å². The normalized spacial score (nSPS) is 37.3. The summed E-state index contributed by atoms with van der Waals surface area (Å²) < 4.78 is 4.05. The van der Waals surface area contributed by atoms with E-state index in [4.69, 9.17) is 0 Å². The molecule has 1 atom stereocenters. The van der Waals surface area contributed by atoms with Crippen LogP contribution in [0.1, 0.15) is 13.8 Å². The average molecular weight is 241 g/mol. The van der Waals surface area contributed by atoms with Gasteiger partial charge in [-0.25, -0.2) is 0 Å². The van der Waals surface area contributed by atoms with E-state index in [1.807, 2.05) is 0 Å². The summed E-state index contributed by atoms with van der Waals surface area (Å²) in [5.74, 6) is -13.2. The number of morpholine rings is 1. The van der Waals surface area contributed by atoms with Gasteiger partial charge in [0.25, 0.3) is 5.91 Å². The van der Waals surface area contributed by atoms with Gasteiger partial charge >= 0.3 is 11.9 Å². The second-order valence-electron chi connectivity index (χ2n) is 3.71. The number of likely N-dealkylation sites (N-methyl/N-ethyl adjacent to an activating group) is 1. The molecular weight excluding hydrogens is 226 g/mol. The topological polar surface area (TPSA) is 154 Å². The third-order valence-electron chi connectivity index (χ3n) is 2.47. The minimum Gasteiger partial charge on any atom is -0.360 e. The Balaban J connectivity index is 3.29. The van der Waals surface area contributed by atoms with Crippen molar-refractivity contribution in [3.8, 4) is 0 Å². The monoisotopic (exact) mass is 241 g/mol. The lowest BCUT2D eigenvalue weighted by molar-refractivity contribution is -0.622. The molecule has 0 radical (unpaired) electrons. The number of aliphatic hydroxyl groups is 7. The van der Waals surface area contributed by atoms with E-state index in [0.29, 0.717) is 6.92 Å². The molecule has 9 heteroatoms. The standard InChI is InChI=1S/C7H15NO8/c1-3-8-5(10,11)4(2,9)16-7(14,15)6(8,12)13/h9-15H,3H2,1-2H3. The zero-order valence-corrected chi connectivity index (χ0v) is 8.69. The van der Waals surface area contributed by atoms with Crippen molar-refractivity contribution in [1.29, 1.82) is 0 Å². The number of nitrogens with zero attached hydrogens (tertiary/aromatic N) is 1. The van der Waals surface area contributed by atoms with E-state index in [1.165, 1.54) is 6.92 Å². The van der Waals surface area contributed by atoms with Crippen LogP contribution in [0.15, 0.2) is 0 Å². The SMILES string of the molecule is CCN1C(O)(O)C(C)(O)OC(O)(O)C1(O)O. The van der Waals surface area contributed by atoms with Gasteiger partial charge in [-0.05, 0) is 6.92 Å². The maximum absolute atomic E-state index is 9.49. The van der Waals surface area contributed by atoms with Crippen molar-refractivity contribution in [3.63, 3.8) is 0 Å². The Morgan fingerprint density at radius 3 is 1.75 bits per heavy atom. The molecule has 9 nitrogen and oxygen atoms in total. The lowest BCUT2D eigenvalue weighted by Gasteiger charge is -2.56. The lowest BCUT2D eigenvalue weighted by atomic mass is 10.1. The summed E-state index contributed by atoms with van der Waals surface area (Å²) in [6, 6.07) is 0. The molecule has 0 aromatic heterocycles. The van der Waals surface area contributed by atoms with E-state index < -0.39 is 30.1 Å². The average Bonchev–Trinajstić information content (AvgIpc) is 1.99. The molecule has 1 fully saturated rings. The number of hydrogen-bond donors (Lipinski definition) is 7. The van der Waals surface area contributed by atoms with E-state index >= 15 is 0 Å². The fourth-order valence-corrected chi connectivity index (χ4v) is 1.50. The fourth-order valence-electron chi connectivity index (χ4n) is 1.50. The molecular formula is C7H15NO8. The summed E-state index contributed by atoms with van der Waals surface area (Å²) in [5.41, 5.74) is 0. The van der Waals surface area contributed by atoms with Crippen molar-refractivity contribution >= 4 is 0 Å². The van der Waals surface area contributed by atoms with Crippen LogP contribution in [-0.4, -0.2) is 70.8 Å². The minimum absolute atomic E-state index is 0.0451. The summed E-state index contributed by atoms with van der Waals surface area (Å²) in [5, 5.41) is 65.5. The second-order valence-corrected chi connectivity index (χ2v) is 3.71. The maximum atomic E-state index is 9.49. The van der Waals surface area contributed by atoms with Crippen LogP contribution in [-0.2, 0) is 4.74 Å². The zero-order chi connectivity index (χ0) is 13.0. The van der Waals surface area contributed by atoms with Crippen LogP contribution in [0.4, 0.5) is 0 Å². The van der Waals surface area contributed by atoms with Gasteiger partial charge < -0.3 is 35.7 Å². The zero-order valence-electron chi connectivity index (χ0n) is 8.69. The Morgan fingerprint density at radius 2 is 1.38 bits per heavy atom. The fraction of sp³-hybridized carbons (Fsp3) is 1.00. The highest BCUT2D eigenvalue weighted by molar-refractivity contribution is 4.93. The highest BCUT2D eigenvalue weighted by atomic mass is 16.9. The van der Waals surface area contributed by atoms with Gasteiger partial charge in [0.1, 0.15) is 0 Å². The first kappa shape index (κ1) is 13.7. The van der Waals surface area contributed by atoms with Gasteiger partial charge in [-0.2, -0.15) is 4.90 Å². The quantitative estimate of drug-likeness (QED) is 0.227. The Kier molecular flexibility index (Phi) is 2.84. The highest BCUT2D eigenvalue weighted by Crippen LogP contribution is 2.41. The maximum Gasteiger partial charge on any atom is 0.354 e. The van der Waals surface area contributed by atoms with E-state index in [0.717, 1.165) is 0 Å². The second kappa shape index (κ2) is 3.32. The predicted octanol–water partition coefficient (Wildman–Crippen LogP) is -4.04. The third kappa shape index (κ3) is 1.54. The van der Waals surface area contributed by atoms with Crippen LogP contribution >= 0.6 is 0 Å². The molecule has 0 amide bonds. The molecule has 96 valence electrons. The smallest absolute Gasteiger partial charge is 0.354 e. The van der Waals surface area contributed by atoms with Crippen LogP contribution < -0.4 is 0 Å². The molecule has 0 spiro atoms. The Hall–Kier alpha value is -0.360. The van der Waals surface area contributed by atoms with Crippen molar-refractivity contribution in [3.05, 3.63) is 0 Å². The van der Waals surface area contributed by atoms with Crippen LogP contribution in [0.3, 0.4) is 0 Å². The summed E-state index contributed by atoms with van der Waals surface area (Å²) in [6.07, 6.45) is 0. The van der Waals surface area contributed by atoms with Gasteiger partial charge in [0, 0.05) is 6.54 Å². The van der Waals surface area contributed by atoms with Gasteiger partial charge in [0.2, 0.25) is 5.79 Å². The van der Waals surface area contributed by atoms with Crippen molar-refractivity contribution in [2.24, 2.45) is 0 Å². The first-order valence-electron chi connectivity index (χ1n) is 4.44. The van der Waals surface area contributed by atoms with E-state index in [9.17, 15) is 35.7 Å². The summed E-state index contributed by atoms with van der Waals surface area (Å²) in [6.45, 7) is 1.55. The number of ether oxygens (including phenoxy) is 1. The lowest BCUT2D eigenvalue weighted by Crippen LogP contribution is -2.83. The molecule has 0 saturated carbocycles. The van der Waals surface area contributed by atoms with Crippen molar-refractivity contribution < 1.29 is 40.5 Å². The number of hydrogen-bond acceptors (Lipinski definition) is 9. The van der Waals surface area contributed by atoms with Gasteiger partial charge in [-0.1, -0.05) is 6.92 Å². The molecule has 1 saturated heterocycles. The first-order chi connectivity index (χ1) is 6.90. The molecule has 16 heavy (non-hydrogen) atoms. The van der Waals surface area contributed by atoms with Gasteiger partial charge in [0.15, 0.2) is 0 Å². The third-order valence-corrected chi connectivity index (χ3v) is 2.47. The Morgan fingerprint density at radius 1 is 0.938 bits per heavy atom. The van der Waals surface area contributed by atoms with Crippen LogP contribution in [0.25, 0.3) is 0 Å². The molecule has 0 bridgehead atoms. The Bertz CT molecular complexity index is 260. The van der Waals surface area contributed by atoms with E-state index in [2.05, 4.69) is 4.74 Å². The highest BCUT2D eigenvalue weighted by Gasteiger charge is 2.72.